The molecule has 0 amide bonds. The molecule has 0 aliphatic rings. The molecule has 20 heavy (non-hydrogen) atoms. The molecule has 1 aromatic heterocycles. The van der Waals surface area contributed by atoms with Crippen LogP contribution in [-0.2, 0) is 10.0 Å². The molecule has 0 fully saturated rings. The summed E-state index contributed by atoms with van der Waals surface area (Å²) in [6, 6.07) is 5.30. The van der Waals surface area contributed by atoms with Gasteiger partial charge in [0.05, 0.1) is 16.8 Å². The van der Waals surface area contributed by atoms with Crippen LogP contribution in [0.3, 0.4) is 0 Å². The van der Waals surface area contributed by atoms with E-state index in [1.165, 1.54) is 18.2 Å². The topological polar surface area (TPSA) is 85.1 Å². The lowest BCUT2D eigenvalue weighted by atomic mass is 10.1. The van der Waals surface area contributed by atoms with E-state index >= 15 is 0 Å². The summed E-state index contributed by atoms with van der Waals surface area (Å²) in [6.07, 6.45) is 1.11. The Bertz CT molecular complexity index is 720. The molecule has 3 N–H and O–H groups in total. The molecule has 1 heterocycles. The minimum absolute atomic E-state index is 0.0578. The lowest BCUT2D eigenvalue weighted by Gasteiger charge is -2.11. The minimum Gasteiger partial charge on any atom is -0.398 e. The third-order valence-corrected chi connectivity index (χ3v) is 4.33. The van der Waals surface area contributed by atoms with Crippen LogP contribution in [0.1, 0.15) is 11.1 Å². The maximum Gasteiger partial charge on any atom is 0.262 e. The van der Waals surface area contributed by atoms with Gasteiger partial charge in [-0.25, -0.2) is 13.4 Å². The van der Waals surface area contributed by atoms with E-state index < -0.39 is 16.0 Å². The molecule has 0 saturated carbocycles. The summed E-state index contributed by atoms with van der Waals surface area (Å²) in [5.74, 6) is -0.677. The number of anilines is 2. The van der Waals surface area contributed by atoms with E-state index in [0.717, 1.165) is 23.4 Å². The van der Waals surface area contributed by atoms with Crippen molar-refractivity contribution >= 4 is 21.4 Å². The number of halogens is 1. The number of hydrogen-bond acceptors (Lipinski definition) is 4. The third kappa shape index (κ3) is 2.88. The zero-order chi connectivity index (χ0) is 14.9. The molecule has 0 unspecified atom stereocenters. The van der Waals surface area contributed by atoms with Crippen molar-refractivity contribution in [2.45, 2.75) is 18.7 Å². The van der Waals surface area contributed by atoms with Gasteiger partial charge >= 0.3 is 0 Å². The average Bonchev–Trinajstić information content (AvgIpc) is 2.38. The molecular formula is C13H14FN3O2S. The predicted molar refractivity (Wildman–Crippen MR) is 75.3 cm³/mol. The van der Waals surface area contributed by atoms with Crippen molar-refractivity contribution < 1.29 is 12.8 Å². The van der Waals surface area contributed by atoms with Crippen LogP contribution in [0.2, 0.25) is 0 Å². The Balaban J connectivity index is 2.38. The zero-order valence-corrected chi connectivity index (χ0v) is 11.8. The van der Waals surface area contributed by atoms with Crippen molar-refractivity contribution in [1.82, 2.24) is 4.98 Å². The largest absolute Gasteiger partial charge is 0.398 e. The maximum absolute atomic E-state index is 12.7. The fourth-order valence-corrected chi connectivity index (χ4v) is 2.82. The Labute approximate surface area is 116 Å². The number of nitrogens with one attached hydrogen (secondary N) is 1. The van der Waals surface area contributed by atoms with Gasteiger partial charge in [-0.15, -0.1) is 0 Å². The van der Waals surface area contributed by atoms with Gasteiger partial charge in [-0.05, 0) is 49.2 Å². The molecule has 0 aliphatic heterocycles. The van der Waals surface area contributed by atoms with E-state index in [9.17, 15) is 12.8 Å². The number of hydrogen-bond donors (Lipinski definition) is 2. The van der Waals surface area contributed by atoms with Crippen LogP contribution in [0.15, 0.2) is 35.4 Å². The summed E-state index contributed by atoms with van der Waals surface area (Å²) in [5.41, 5.74) is 7.99. The molecule has 0 spiro atoms. The first-order valence-corrected chi connectivity index (χ1v) is 7.29. The van der Waals surface area contributed by atoms with E-state index in [1.54, 1.807) is 6.92 Å². The van der Waals surface area contributed by atoms with E-state index in [1.807, 2.05) is 6.92 Å². The first kappa shape index (κ1) is 14.3. The second kappa shape index (κ2) is 5.09. The molecule has 2 aromatic rings. The van der Waals surface area contributed by atoms with Crippen LogP contribution in [0.4, 0.5) is 15.8 Å². The monoisotopic (exact) mass is 295 g/mol. The highest BCUT2D eigenvalue weighted by atomic mass is 32.2. The summed E-state index contributed by atoms with van der Waals surface area (Å²) in [4.78, 5) is 3.45. The summed E-state index contributed by atoms with van der Waals surface area (Å²) in [6.45, 7) is 3.60. The highest BCUT2D eigenvalue weighted by molar-refractivity contribution is 7.92. The summed E-state index contributed by atoms with van der Waals surface area (Å²) in [5, 5.41) is 0. The fourth-order valence-electron chi connectivity index (χ4n) is 1.66. The Morgan fingerprint density at radius 1 is 1.25 bits per heavy atom. The lowest BCUT2D eigenvalue weighted by molar-refractivity contribution is 0.583. The van der Waals surface area contributed by atoms with Gasteiger partial charge in [0.15, 0.2) is 0 Å². The summed E-state index contributed by atoms with van der Waals surface area (Å²) in [7, 11) is -3.78. The van der Waals surface area contributed by atoms with Crippen LogP contribution in [0, 0.1) is 19.8 Å². The number of aromatic nitrogens is 1. The van der Waals surface area contributed by atoms with Crippen molar-refractivity contribution in [2.24, 2.45) is 0 Å². The number of aryl methyl sites for hydroxylation is 1. The first-order chi connectivity index (χ1) is 9.29. The summed E-state index contributed by atoms with van der Waals surface area (Å²) >= 11 is 0. The number of sulfonamides is 1. The second-order valence-corrected chi connectivity index (χ2v) is 6.11. The Kier molecular flexibility index (Phi) is 3.63. The van der Waals surface area contributed by atoms with Gasteiger partial charge < -0.3 is 5.73 Å². The van der Waals surface area contributed by atoms with Crippen LogP contribution in [0.25, 0.3) is 0 Å². The number of pyridine rings is 1. The average molecular weight is 295 g/mol. The van der Waals surface area contributed by atoms with Gasteiger partial charge in [0.1, 0.15) is 0 Å². The predicted octanol–water partition coefficient (Wildman–Crippen LogP) is 2.22. The Hall–Kier alpha value is -2.15. The number of nitrogens with zero attached hydrogens (tertiary/aromatic N) is 1. The quantitative estimate of drug-likeness (QED) is 0.671. The standard InChI is InChI=1S/C13H14FN3O2S/c1-8-5-11(6-12(15)9(8)2)20(18,19)17-10-3-4-13(14)16-7-10/h3-7,17H,15H2,1-2H3. The van der Waals surface area contributed by atoms with Crippen molar-refractivity contribution in [3.63, 3.8) is 0 Å². The van der Waals surface area contributed by atoms with Gasteiger partial charge in [-0.3, -0.25) is 4.72 Å². The van der Waals surface area contributed by atoms with Crippen LogP contribution in [-0.4, -0.2) is 13.4 Å². The SMILES string of the molecule is Cc1cc(S(=O)(=O)Nc2ccc(F)nc2)cc(N)c1C. The molecule has 106 valence electrons. The molecule has 0 bridgehead atoms. The lowest BCUT2D eigenvalue weighted by Crippen LogP contribution is -2.14. The molecular weight excluding hydrogens is 281 g/mol. The van der Waals surface area contributed by atoms with Gasteiger partial charge in [-0.1, -0.05) is 0 Å². The molecule has 2 rings (SSSR count). The highest BCUT2D eigenvalue weighted by Crippen LogP contribution is 2.23. The van der Waals surface area contributed by atoms with E-state index in [2.05, 4.69) is 9.71 Å². The molecule has 0 radical (unpaired) electrons. The Morgan fingerprint density at radius 2 is 1.95 bits per heavy atom. The molecule has 0 atom stereocenters. The van der Waals surface area contributed by atoms with Gasteiger partial charge in [0.2, 0.25) is 5.95 Å². The van der Waals surface area contributed by atoms with E-state index in [-0.39, 0.29) is 10.6 Å². The first-order valence-electron chi connectivity index (χ1n) is 5.81. The van der Waals surface area contributed by atoms with Gasteiger partial charge in [0, 0.05) is 5.69 Å². The number of nitrogen functional groups attached to an aromatic ring is 1. The second-order valence-electron chi connectivity index (χ2n) is 4.43. The van der Waals surface area contributed by atoms with Crippen molar-refractivity contribution in [2.75, 3.05) is 10.5 Å². The smallest absolute Gasteiger partial charge is 0.262 e. The zero-order valence-electron chi connectivity index (χ0n) is 11.0. The number of benzene rings is 1. The van der Waals surface area contributed by atoms with E-state index in [0.29, 0.717) is 5.69 Å². The van der Waals surface area contributed by atoms with Gasteiger partial charge in [-0.2, -0.15) is 4.39 Å². The highest BCUT2D eigenvalue weighted by Gasteiger charge is 2.16. The summed E-state index contributed by atoms with van der Waals surface area (Å²) < 4.78 is 39.4. The Morgan fingerprint density at radius 3 is 2.50 bits per heavy atom. The molecule has 5 nitrogen and oxygen atoms in total. The van der Waals surface area contributed by atoms with Crippen molar-refractivity contribution in [3.8, 4) is 0 Å². The number of rotatable bonds is 3. The third-order valence-electron chi connectivity index (χ3n) is 2.97. The number of nitrogens with two attached hydrogens (primary N) is 1. The molecule has 1 aromatic carbocycles. The van der Waals surface area contributed by atoms with E-state index in [4.69, 9.17) is 5.73 Å². The van der Waals surface area contributed by atoms with Crippen LogP contribution >= 0.6 is 0 Å². The molecule has 7 heteroatoms. The van der Waals surface area contributed by atoms with Crippen LogP contribution in [0.5, 0.6) is 0 Å². The van der Waals surface area contributed by atoms with Crippen molar-refractivity contribution in [1.29, 1.82) is 0 Å². The maximum atomic E-state index is 12.7. The molecule has 0 saturated heterocycles. The molecule has 0 aliphatic carbocycles. The van der Waals surface area contributed by atoms with Crippen molar-refractivity contribution in [3.05, 3.63) is 47.5 Å². The normalized spacial score (nSPS) is 11.3. The van der Waals surface area contributed by atoms with Crippen LogP contribution < -0.4 is 10.5 Å². The minimum atomic E-state index is -3.78. The van der Waals surface area contributed by atoms with Gasteiger partial charge in [0.25, 0.3) is 10.0 Å². The fraction of sp³-hybridized carbons (Fsp3) is 0.154.